The van der Waals surface area contributed by atoms with Crippen molar-refractivity contribution in [2.24, 2.45) is 0 Å². The van der Waals surface area contributed by atoms with E-state index >= 15 is 0 Å². The molecular formula is C11H8Cl2IN3O. The standard InChI is InChI=1S/C11H8Cl2IN3O/c1-5-4-15-17-10(5)16-11(18)7-2-6(12)3-8(13)9(7)14/h2-4H,1H3,(H2,15,16,17,18). The van der Waals surface area contributed by atoms with Crippen LogP contribution in [-0.2, 0) is 0 Å². The Morgan fingerprint density at radius 2 is 2.17 bits per heavy atom. The van der Waals surface area contributed by atoms with Crippen molar-refractivity contribution in [3.05, 3.63) is 43.1 Å². The summed E-state index contributed by atoms with van der Waals surface area (Å²) in [6, 6.07) is 3.18. The van der Waals surface area contributed by atoms with Gasteiger partial charge in [0.2, 0.25) is 0 Å². The van der Waals surface area contributed by atoms with E-state index in [0.717, 1.165) is 5.56 Å². The number of halogens is 3. The van der Waals surface area contributed by atoms with Crippen molar-refractivity contribution in [3.63, 3.8) is 0 Å². The van der Waals surface area contributed by atoms with Crippen LogP contribution in [0.5, 0.6) is 0 Å². The maximum atomic E-state index is 12.1. The van der Waals surface area contributed by atoms with Gasteiger partial charge in [-0.3, -0.25) is 9.89 Å². The van der Waals surface area contributed by atoms with Gasteiger partial charge < -0.3 is 5.32 Å². The molecule has 4 nitrogen and oxygen atoms in total. The van der Waals surface area contributed by atoms with Crippen LogP contribution in [0, 0.1) is 10.5 Å². The van der Waals surface area contributed by atoms with Crippen LogP contribution in [-0.4, -0.2) is 16.1 Å². The van der Waals surface area contributed by atoms with Crippen LogP contribution in [0.15, 0.2) is 18.3 Å². The Morgan fingerprint density at radius 1 is 1.44 bits per heavy atom. The number of aromatic amines is 1. The molecule has 0 aliphatic heterocycles. The van der Waals surface area contributed by atoms with E-state index < -0.39 is 0 Å². The van der Waals surface area contributed by atoms with Crippen molar-refractivity contribution in [2.75, 3.05) is 5.32 Å². The summed E-state index contributed by atoms with van der Waals surface area (Å²) >= 11 is 13.9. The normalized spacial score (nSPS) is 10.4. The van der Waals surface area contributed by atoms with E-state index in [2.05, 4.69) is 15.5 Å². The molecule has 0 saturated carbocycles. The van der Waals surface area contributed by atoms with Crippen LogP contribution >= 0.6 is 45.8 Å². The van der Waals surface area contributed by atoms with E-state index in [9.17, 15) is 4.79 Å². The topological polar surface area (TPSA) is 57.8 Å². The summed E-state index contributed by atoms with van der Waals surface area (Å²) in [7, 11) is 0. The third-order valence-corrected chi connectivity index (χ3v) is 4.30. The van der Waals surface area contributed by atoms with Crippen LogP contribution in [0.1, 0.15) is 15.9 Å². The average molecular weight is 396 g/mol. The first-order valence-electron chi connectivity index (χ1n) is 4.95. The number of aryl methyl sites for hydroxylation is 1. The highest BCUT2D eigenvalue weighted by Gasteiger charge is 2.15. The molecule has 7 heteroatoms. The van der Waals surface area contributed by atoms with Gasteiger partial charge in [0, 0.05) is 14.2 Å². The predicted molar refractivity (Wildman–Crippen MR) is 80.5 cm³/mol. The van der Waals surface area contributed by atoms with E-state index in [1.165, 1.54) is 0 Å². The molecule has 0 bridgehead atoms. The smallest absolute Gasteiger partial charge is 0.257 e. The van der Waals surface area contributed by atoms with Crippen molar-refractivity contribution in [3.8, 4) is 0 Å². The molecule has 1 heterocycles. The number of carbonyl (C=O) groups excluding carboxylic acids is 1. The molecule has 1 aromatic carbocycles. The maximum Gasteiger partial charge on any atom is 0.257 e. The molecule has 0 fully saturated rings. The summed E-state index contributed by atoms with van der Waals surface area (Å²) in [6.45, 7) is 1.84. The van der Waals surface area contributed by atoms with Gasteiger partial charge in [0.1, 0.15) is 5.82 Å². The highest BCUT2D eigenvalue weighted by molar-refractivity contribution is 14.1. The average Bonchev–Trinajstić information content (AvgIpc) is 2.69. The molecule has 0 aliphatic carbocycles. The Hall–Kier alpha value is -0.790. The molecule has 1 amide bonds. The molecule has 0 aliphatic rings. The molecule has 0 spiro atoms. The minimum atomic E-state index is -0.281. The van der Waals surface area contributed by atoms with Gasteiger partial charge in [-0.05, 0) is 41.6 Å². The minimum Gasteiger partial charge on any atom is -0.307 e. The van der Waals surface area contributed by atoms with Crippen molar-refractivity contribution in [1.29, 1.82) is 0 Å². The van der Waals surface area contributed by atoms with Gasteiger partial charge >= 0.3 is 0 Å². The predicted octanol–water partition coefficient (Wildman–Crippen LogP) is 3.88. The molecule has 2 N–H and O–H groups in total. The highest BCUT2D eigenvalue weighted by atomic mass is 127. The molecule has 0 saturated heterocycles. The molecule has 0 radical (unpaired) electrons. The summed E-state index contributed by atoms with van der Waals surface area (Å²) in [5.74, 6) is 0.281. The number of rotatable bonds is 2. The summed E-state index contributed by atoms with van der Waals surface area (Å²) in [5, 5.41) is 10.1. The zero-order valence-corrected chi connectivity index (χ0v) is 12.9. The zero-order chi connectivity index (χ0) is 13.3. The first-order chi connectivity index (χ1) is 8.49. The minimum absolute atomic E-state index is 0.281. The lowest BCUT2D eigenvalue weighted by molar-refractivity contribution is 0.102. The van der Waals surface area contributed by atoms with E-state index in [-0.39, 0.29) is 5.91 Å². The number of nitrogens with one attached hydrogen (secondary N) is 2. The molecule has 2 rings (SSSR count). The third kappa shape index (κ3) is 2.78. The molecule has 0 unspecified atom stereocenters. The van der Waals surface area contributed by atoms with Crippen LogP contribution in [0.4, 0.5) is 5.82 Å². The number of nitrogens with zero attached hydrogens (tertiary/aromatic N) is 1. The molecule has 1 aromatic heterocycles. The number of hydrogen-bond donors (Lipinski definition) is 2. The van der Waals surface area contributed by atoms with Gasteiger partial charge in [0.25, 0.3) is 5.91 Å². The number of anilines is 1. The van der Waals surface area contributed by atoms with Gasteiger partial charge in [0.15, 0.2) is 0 Å². The Bertz CT molecular complexity index is 612. The van der Waals surface area contributed by atoms with Gasteiger partial charge in [-0.15, -0.1) is 0 Å². The molecule has 0 atom stereocenters. The van der Waals surface area contributed by atoms with Gasteiger partial charge in [-0.2, -0.15) is 5.10 Å². The van der Waals surface area contributed by atoms with Crippen LogP contribution in [0.2, 0.25) is 10.0 Å². The van der Waals surface area contributed by atoms with Crippen molar-refractivity contribution >= 4 is 57.5 Å². The fourth-order valence-corrected chi connectivity index (χ4v) is 2.42. The second kappa shape index (κ2) is 5.46. The summed E-state index contributed by atoms with van der Waals surface area (Å²) < 4.78 is 0.660. The monoisotopic (exact) mass is 395 g/mol. The Balaban J connectivity index is 2.32. The second-order valence-electron chi connectivity index (χ2n) is 3.63. The zero-order valence-electron chi connectivity index (χ0n) is 9.22. The number of hydrogen-bond acceptors (Lipinski definition) is 2. The van der Waals surface area contributed by atoms with E-state index in [0.29, 0.717) is 25.0 Å². The van der Waals surface area contributed by atoms with E-state index in [4.69, 9.17) is 23.2 Å². The second-order valence-corrected chi connectivity index (χ2v) is 5.55. The fourth-order valence-electron chi connectivity index (χ4n) is 1.37. The lowest BCUT2D eigenvalue weighted by atomic mass is 10.2. The first kappa shape index (κ1) is 13.6. The number of H-pyrrole nitrogens is 1. The van der Waals surface area contributed by atoms with Gasteiger partial charge in [0.05, 0.1) is 16.8 Å². The maximum absolute atomic E-state index is 12.1. The van der Waals surface area contributed by atoms with E-state index in [1.807, 2.05) is 29.5 Å². The fraction of sp³-hybridized carbons (Fsp3) is 0.0909. The quantitative estimate of drug-likeness (QED) is 0.598. The Morgan fingerprint density at radius 3 is 2.78 bits per heavy atom. The van der Waals surface area contributed by atoms with Crippen molar-refractivity contribution in [1.82, 2.24) is 10.2 Å². The number of amides is 1. The van der Waals surface area contributed by atoms with Crippen LogP contribution in [0.25, 0.3) is 0 Å². The lowest BCUT2D eigenvalue weighted by Crippen LogP contribution is -2.14. The third-order valence-electron chi connectivity index (χ3n) is 2.31. The Labute approximate surface area is 127 Å². The van der Waals surface area contributed by atoms with Crippen LogP contribution < -0.4 is 5.32 Å². The van der Waals surface area contributed by atoms with Crippen molar-refractivity contribution in [2.45, 2.75) is 6.92 Å². The highest BCUT2D eigenvalue weighted by Crippen LogP contribution is 2.27. The molecule has 18 heavy (non-hydrogen) atoms. The molecular weight excluding hydrogens is 388 g/mol. The lowest BCUT2D eigenvalue weighted by Gasteiger charge is -2.08. The number of benzene rings is 1. The van der Waals surface area contributed by atoms with Crippen molar-refractivity contribution < 1.29 is 4.79 Å². The SMILES string of the molecule is Cc1cn[nH]c1NC(=O)c1cc(Cl)cc(Cl)c1I. The summed E-state index contributed by atoms with van der Waals surface area (Å²) in [6.07, 6.45) is 1.63. The summed E-state index contributed by atoms with van der Waals surface area (Å²) in [5.41, 5.74) is 1.29. The molecule has 94 valence electrons. The first-order valence-corrected chi connectivity index (χ1v) is 6.78. The van der Waals surface area contributed by atoms with Gasteiger partial charge in [-0.1, -0.05) is 23.2 Å². The summed E-state index contributed by atoms with van der Waals surface area (Å²) in [4.78, 5) is 12.1. The largest absolute Gasteiger partial charge is 0.307 e. The van der Waals surface area contributed by atoms with Crippen LogP contribution in [0.3, 0.4) is 0 Å². The number of aromatic nitrogens is 2. The number of carbonyl (C=O) groups is 1. The van der Waals surface area contributed by atoms with Gasteiger partial charge in [-0.25, -0.2) is 0 Å². The molecule has 2 aromatic rings. The van der Waals surface area contributed by atoms with E-state index in [1.54, 1.807) is 18.3 Å². The Kier molecular flexibility index (Phi) is 4.14.